The SMILES string of the molecule is CCOC(=O)C1=C(C)N=c2s/c(=C\c3cccc(OCc4ccc(Cl)cc4Cl)c3)c(=O)n2[C@H]1c1ccc(Cl)cc1. The summed E-state index contributed by atoms with van der Waals surface area (Å²) in [7, 11) is 0. The first kappa shape index (κ1) is 28.2. The van der Waals surface area contributed by atoms with Crippen molar-refractivity contribution in [1.82, 2.24) is 4.57 Å². The van der Waals surface area contributed by atoms with Crippen LogP contribution in [-0.2, 0) is 16.1 Å². The van der Waals surface area contributed by atoms with E-state index < -0.39 is 12.0 Å². The van der Waals surface area contributed by atoms with E-state index in [0.717, 1.165) is 16.7 Å². The summed E-state index contributed by atoms with van der Waals surface area (Å²) < 4.78 is 13.3. The van der Waals surface area contributed by atoms with E-state index in [-0.39, 0.29) is 18.8 Å². The predicted octanol–water partition coefficient (Wildman–Crippen LogP) is 6.34. The van der Waals surface area contributed by atoms with E-state index >= 15 is 0 Å². The number of benzene rings is 3. The highest BCUT2D eigenvalue weighted by Gasteiger charge is 2.33. The van der Waals surface area contributed by atoms with Gasteiger partial charge in [-0.25, -0.2) is 9.79 Å². The molecule has 0 saturated carbocycles. The van der Waals surface area contributed by atoms with Crippen molar-refractivity contribution < 1.29 is 14.3 Å². The van der Waals surface area contributed by atoms with Gasteiger partial charge in [0.2, 0.25) is 0 Å². The molecule has 204 valence electrons. The fourth-order valence-corrected chi connectivity index (χ4v) is 6.03. The summed E-state index contributed by atoms with van der Waals surface area (Å²) in [5.41, 5.74) is 2.86. The molecule has 0 spiro atoms. The maximum atomic E-state index is 13.8. The number of ether oxygens (including phenoxy) is 2. The zero-order chi connectivity index (χ0) is 28.4. The molecule has 1 atom stereocenters. The van der Waals surface area contributed by atoms with E-state index in [1.807, 2.05) is 30.3 Å². The molecule has 40 heavy (non-hydrogen) atoms. The second-order valence-electron chi connectivity index (χ2n) is 8.95. The number of carbonyl (C=O) groups excluding carboxylic acids is 1. The molecule has 0 N–H and O–H groups in total. The van der Waals surface area contributed by atoms with Gasteiger partial charge in [0.1, 0.15) is 12.4 Å². The van der Waals surface area contributed by atoms with Gasteiger partial charge in [0.15, 0.2) is 4.80 Å². The highest BCUT2D eigenvalue weighted by atomic mass is 35.5. The summed E-state index contributed by atoms with van der Waals surface area (Å²) in [6, 6.07) is 19.0. The van der Waals surface area contributed by atoms with Gasteiger partial charge in [-0.05, 0) is 67.4 Å². The van der Waals surface area contributed by atoms with Crippen LogP contribution in [0.3, 0.4) is 0 Å². The molecule has 0 saturated heterocycles. The van der Waals surface area contributed by atoms with E-state index in [1.54, 1.807) is 60.9 Å². The number of rotatable bonds is 7. The lowest BCUT2D eigenvalue weighted by Crippen LogP contribution is -2.39. The van der Waals surface area contributed by atoms with E-state index in [1.165, 1.54) is 11.3 Å². The average molecular weight is 614 g/mol. The van der Waals surface area contributed by atoms with Crippen molar-refractivity contribution in [3.05, 3.63) is 129 Å². The molecule has 1 aliphatic heterocycles. The van der Waals surface area contributed by atoms with Gasteiger partial charge in [-0.3, -0.25) is 9.36 Å². The number of thiazole rings is 1. The van der Waals surface area contributed by atoms with Crippen molar-refractivity contribution in [3.8, 4) is 5.75 Å². The molecular formula is C30H23Cl3N2O4S. The third-order valence-electron chi connectivity index (χ3n) is 6.27. The summed E-state index contributed by atoms with van der Waals surface area (Å²) in [4.78, 5) is 31.9. The second-order valence-corrected chi connectivity index (χ2v) is 11.2. The van der Waals surface area contributed by atoms with Crippen molar-refractivity contribution in [3.63, 3.8) is 0 Å². The minimum absolute atomic E-state index is 0.204. The van der Waals surface area contributed by atoms with Gasteiger partial charge >= 0.3 is 5.97 Å². The van der Waals surface area contributed by atoms with Crippen molar-refractivity contribution in [2.24, 2.45) is 4.99 Å². The molecule has 0 aliphatic carbocycles. The predicted molar refractivity (Wildman–Crippen MR) is 159 cm³/mol. The first-order valence-electron chi connectivity index (χ1n) is 12.4. The molecule has 0 amide bonds. The molecule has 1 aliphatic rings. The molecule has 1 aromatic heterocycles. The number of allylic oxidation sites excluding steroid dienone is 1. The number of hydrogen-bond acceptors (Lipinski definition) is 6. The number of nitrogens with zero attached hydrogens (tertiary/aromatic N) is 2. The number of hydrogen-bond donors (Lipinski definition) is 0. The first-order valence-corrected chi connectivity index (χ1v) is 14.3. The van der Waals surface area contributed by atoms with Gasteiger partial charge in [0.05, 0.1) is 28.5 Å². The van der Waals surface area contributed by atoms with Gasteiger partial charge in [-0.1, -0.05) is 76.5 Å². The van der Waals surface area contributed by atoms with E-state index in [9.17, 15) is 9.59 Å². The maximum Gasteiger partial charge on any atom is 0.338 e. The number of fused-ring (bicyclic) bond motifs is 1. The summed E-state index contributed by atoms with van der Waals surface area (Å²) in [5, 5.41) is 1.63. The Balaban J connectivity index is 1.53. The minimum atomic E-state index is -0.700. The van der Waals surface area contributed by atoms with Crippen LogP contribution in [-0.4, -0.2) is 17.1 Å². The zero-order valence-electron chi connectivity index (χ0n) is 21.5. The Bertz CT molecular complexity index is 1810. The standard InChI is InChI=1S/C30H23Cl3N2O4S/c1-3-38-29(37)26-17(2)34-30-35(27(26)19-7-10-21(31)11-8-19)28(36)25(40-30)14-18-5-4-6-23(13-18)39-16-20-9-12-22(32)15-24(20)33/h4-15,27H,3,16H2,1-2H3/b25-14-/t27-/m0/s1. The van der Waals surface area contributed by atoms with Crippen LogP contribution in [0.2, 0.25) is 15.1 Å². The summed E-state index contributed by atoms with van der Waals surface area (Å²) in [6.07, 6.45) is 1.79. The monoisotopic (exact) mass is 612 g/mol. The largest absolute Gasteiger partial charge is 0.489 e. The number of halogens is 3. The normalized spacial score (nSPS) is 15.0. The quantitative estimate of drug-likeness (QED) is 0.228. The van der Waals surface area contributed by atoms with Crippen LogP contribution in [0.1, 0.15) is 36.6 Å². The van der Waals surface area contributed by atoms with Crippen LogP contribution in [0.15, 0.2) is 87.8 Å². The summed E-state index contributed by atoms with van der Waals surface area (Å²) in [6.45, 7) is 3.96. The third-order valence-corrected chi connectivity index (χ3v) is 8.09. The summed E-state index contributed by atoms with van der Waals surface area (Å²) in [5.74, 6) is 0.107. The van der Waals surface area contributed by atoms with Gasteiger partial charge in [-0.15, -0.1) is 0 Å². The van der Waals surface area contributed by atoms with Crippen molar-refractivity contribution >= 4 is 58.2 Å². The van der Waals surface area contributed by atoms with Crippen LogP contribution in [0, 0.1) is 0 Å². The smallest absolute Gasteiger partial charge is 0.338 e. The molecule has 6 nitrogen and oxygen atoms in total. The van der Waals surface area contributed by atoms with Gasteiger partial charge < -0.3 is 9.47 Å². The molecule has 5 rings (SSSR count). The van der Waals surface area contributed by atoms with Crippen molar-refractivity contribution in [2.45, 2.75) is 26.5 Å². The Morgan fingerprint density at radius 2 is 1.80 bits per heavy atom. The van der Waals surface area contributed by atoms with Gasteiger partial charge in [0.25, 0.3) is 5.56 Å². The average Bonchev–Trinajstić information content (AvgIpc) is 3.22. The lowest BCUT2D eigenvalue weighted by molar-refractivity contribution is -0.139. The lowest BCUT2D eigenvalue weighted by Gasteiger charge is -2.24. The molecule has 0 radical (unpaired) electrons. The van der Waals surface area contributed by atoms with Gasteiger partial charge in [-0.2, -0.15) is 0 Å². The van der Waals surface area contributed by atoms with Crippen molar-refractivity contribution in [2.75, 3.05) is 6.61 Å². The second kappa shape index (κ2) is 12.0. The Morgan fingerprint density at radius 1 is 1.05 bits per heavy atom. The van der Waals surface area contributed by atoms with Crippen LogP contribution in [0.25, 0.3) is 6.08 Å². The fourth-order valence-electron chi connectivity index (χ4n) is 4.40. The Hall–Kier alpha value is -3.36. The number of carbonyl (C=O) groups is 1. The first-order chi connectivity index (χ1) is 19.2. The van der Waals surface area contributed by atoms with Gasteiger partial charge in [0, 0.05) is 20.6 Å². The molecule has 0 fully saturated rings. The molecule has 10 heteroatoms. The van der Waals surface area contributed by atoms with Crippen LogP contribution in [0.4, 0.5) is 0 Å². The van der Waals surface area contributed by atoms with Crippen LogP contribution < -0.4 is 19.6 Å². The number of aromatic nitrogens is 1. The lowest BCUT2D eigenvalue weighted by atomic mass is 9.96. The highest BCUT2D eigenvalue weighted by molar-refractivity contribution is 7.07. The molecule has 3 aromatic carbocycles. The Kier molecular flexibility index (Phi) is 8.47. The molecule has 4 aromatic rings. The third kappa shape index (κ3) is 5.88. The van der Waals surface area contributed by atoms with Crippen molar-refractivity contribution in [1.29, 1.82) is 0 Å². The van der Waals surface area contributed by atoms with E-state index in [0.29, 0.717) is 41.4 Å². The minimum Gasteiger partial charge on any atom is -0.489 e. The zero-order valence-corrected chi connectivity index (χ0v) is 24.6. The van der Waals surface area contributed by atoms with E-state index in [2.05, 4.69) is 4.99 Å². The highest BCUT2D eigenvalue weighted by Crippen LogP contribution is 2.31. The van der Waals surface area contributed by atoms with Crippen LogP contribution >= 0.6 is 46.1 Å². The molecule has 2 heterocycles. The topological polar surface area (TPSA) is 69.9 Å². The van der Waals surface area contributed by atoms with E-state index in [4.69, 9.17) is 44.3 Å². The number of esters is 1. The molecular weight excluding hydrogens is 591 g/mol. The Morgan fingerprint density at radius 3 is 2.52 bits per heavy atom. The molecule has 0 bridgehead atoms. The van der Waals surface area contributed by atoms with Crippen LogP contribution in [0.5, 0.6) is 5.75 Å². The maximum absolute atomic E-state index is 13.8. The summed E-state index contributed by atoms with van der Waals surface area (Å²) >= 11 is 19.6. The molecule has 0 unspecified atom stereocenters. The fraction of sp³-hybridized carbons (Fsp3) is 0.167. The Labute approximate surface area is 249 Å².